The molecular formula is C13H18BrN3O3. The Hall–Kier alpha value is -1.63. The van der Waals surface area contributed by atoms with Crippen LogP contribution in [0.4, 0.5) is 0 Å². The van der Waals surface area contributed by atoms with Gasteiger partial charge in [-0.1, -0.05) is 15.9 Å². The molecule has 0 amide bonds. The van der Waals surface area contributed by atoms with Gasteiger partial charge < -0.3 is 10.1 Å². The number of carbonyl (C=O) groups excluding carboxylic acids is 2. The van der Waals surface area contributed by atoms with Crippen molar-refractivity contribution in [2.45, 2.75) is 6.92 Å². The highest BCUT2D eigenvalue weighted by Crippen LogP contribution is 2.10. The predicted octanol–water partition coefficient (Wildman–Crippen LogP) is 1.48. The molecule has 0 fully saturated rings. The second-order valence-electron chi connectivity index (χ2n) is 3.70. The fourth-order valence-corrected chi connectivity index (χ4v) is 1.54. The third kappa shape index (κ3) is 5.56. The maximum absolute atomic E-state index is 12.3. The Bertz CT molecular complexity index is 456. The number of aliphatic imine (C=N–C) groups is 2. The molecule has 0 saturated carbocycles. The number of allylic oxidation sites excluding steroid dienone is 2. The Morgan fingerprint density at radius 3 is 2.55 bits per heavy atom. The fraction of sp³-hybridized carbons (Fsp3) is 0.462. The number of ether oxygens (including phenoxy) is 1. The summed E-state index contributed by atoms with van der Waals surface area (Å²) in [6.07, 6.45) is 3.73. The van der Waals surface area contributed by atoms with Crippen LogP contribution in [0.25, 0.3) is 0 Å². The molecule has 20 heavy (non-hydrogen) atoms. The Morgan fingerprint density at radius 2 is 2.10 bits per heavy atom. The van der Waals surface area contributed by atoms with Crippen LogP contribution in [0.2, 0.25) is 0 Å². The second-order valence-corrected chi connectivity index (χ2v) is 4.49. The van der Waals surface area contributed by atoms with Crippen LogP contribution >= 0.6 is 15.9 Å². The summed E-state index contributed by atoms with van der Waals surface area (Å²) in [4.78, 5) is 31.8. The van der Waals surface area contributed by atoms with E-state index in [1.165, 1.54) is 26.4 Å². The molecule has 110 valence electrons. The van der Waals surface area contributed by atoms with E-state index in [4.69, 9.17) is 5.41 Å². The quantitative estimate of drug-likeness (QED) is 0.238. The van der Waals surface area contributed by atoms with E-state index in [9.17, 15) is 9.59 Å². The number of hydrogen-bond donors (Lipinski definition) is 1. The zero-order valence-electron chi connectivity index (χ0n) is 11.7. The highest BCUT2D eigenvalue weighted by molar-refractivity contribution is 9.09. The van der Waals surface area contributed by atoms with Crippen LogP contribution in [0.1, 0.15) is 6.92 Å². The smallest absolute Gasteiger partial charge is 0.322 e. The molecule has 1 atom stereocenters. The molecular weight excluding hydrogens is 326 g/mol. The predicted molar refractivity (Wildman–Crippen MR) is 83.6 cm³/mol. The molecule has 0 rings (SSSR count). The minimum absolute atomic E-state index is 0.0710. The fourth-order valence-electron chi connectivity index (χ4n) is 1.34. The van der Waals surface area contributed by atoms with Crippen LogP contribution in [-0.2, 0) is 14.3 Å². The van der Waals surface area contributed by atoms with Crippen molar-refractivity contribution in [3.8, 4) is 0 Å². The molecule has 0 spiro atoms. The highest BCUT2D eigenvalue weighted by atomic mass is 79.9. The van der Waals surface area contributed by atoms with Crippen molar-refractivity contribution in [1.29, 1.82) is 5.41 Å². The van der Waals surface area contributed by atoms with E-state index in [1.54, 1.807) is 6.92 Å². The van der Waals surface area contributed by atoms with Crippen LogP contribution in [-0.4, -0.2) is 55.9 Å². The summed E-state index contributed by atoms with van der Waals surface area (Å²) in [5.41, 5.74) is 0.411. The third-order valence-electron chi connectivity index (χ3n) is 2.48. The summed E-state index contributed by atoms with van der Waals surface area (Å²) in [5.74, 6) is -2.34. The molecule has 0 aromatic carbocycles. The average Bonchev–Trinajstić information content (AvgIpc) is 2.46. The Kier molecular flexibility index (Phi) is 9.36. The van der Waals surface area contributed by atoms with Gasteiger partial charge in [0, 0.05) is 42.6 Å². The van der Waals surface area contributed by atoms with E-state index in [-0.39, 0.29) is 5.57 Å². The lowest BCUT2D eigenvalue weighted by Crippen LogP contribution is -2.33. The van der Waals surface area contributed by atoms with Gasteiger partial charge in [-0.2, -0.15) is 0 Å². The lowest BCUT2D eigenvalue weighted by Gasteiger charge is -2.13. The van der Waals surface area contributed by atoms with Crippen LogP contribution in [0.3, 0.4) is 0 Å². The summed E-state index contributed by atoms with van der Waals surface area (Å²) < 4.78 is 4.61. The maximum atomic E-state index is 12.3. The van der Waals surface area contributed by atoms with Crippen LogP contribution in [0.5, 0.6) is 0 Å². The van der Waals surface area contributed by atoms with Crippen molar-refractivity contribution in [3.05, 3.63) is 11.6 Å². The molecule has 0 bridgehead atoms. The number of Topliss-reactive ketones (excluding diaryl/α,β-unsaturated/α-hetero) is 1. The van der Waals surface area contributed by atoms with Gasteiger partial charge >= 0.3 is 5.97 Å². The molecule has 7 heteroatoms. The summed E-state index contributed by atoms with van der Waals surface area (Å²) >= 11 is 3.22. The molecule has 0 aliphatic heterocycles. The molecule has 0 radical (unpaired) electrons. The van der Waals surface area contributed by atoms with E-state index in [2.05, 4.69) is 30.7 Å². The number of halogens is 1. The van der Waals surface area contributed by atoms with Gasteiger partial charge in [-0.25, -0.2) is 0 Å². The Labute approximate surface area is 126 Å². The number of nitrogens with zero attached hydrogens (tertiary/aromatic N) is 2. The molecule has 0 aliphatic carbocycles. The van der Waals surface area contributed by atoms with Gasteiger partial charge in [0.15, 0.2) is 11.7 Å². The highest BCUT2D eigenvalue weighted by Gasteiger charge is 2.31. The van der Waals surface area contributed by atoms with E-state index in [1.807, 2.05) is 0 Å². The van der Waals surface area contributed by atoms with Crippen molar-refractivity contribution < 1.29 is 14.3 Å². The number of rotatable bonds is 8. The van der Waals surface area contributed by atoms with Crippen molar-refractivity contribution in [2.75, 3.05) is 26.0 Å². The van der Waals surface area contributed by atoms with Crippen molar-refractivity contribution in [3.63, 3.8) is 0 Å². The largest absolute Gasteiger partial charge is 0.468 e. The van der Waals surface area contributed by atoms with E-state index in [0.29, 0.717) is 17.6 Å². The first-order valence-corrected chi connectivity index (χ1v) is 6.97. The lowest BCUT2D eigenvalue weighted by molar-refractivity contribution is -0.145. The summed E-state index contributed by atoms with van der Waals surface area (Å²) in [6, 6.07) is 0. The van der Waals surface area contributed by atoms with E-state index >= 15 is 0 Å². The summed E-state index contributed by atoms with van der Waals surface area (Å²) in [5, 5.41) is 7.99. The van der Waals surface area contributed by atoms with Gasteiger partial charge in [-0.05, 0) is 13.0 Å². The van der Waals surface area contributed by atoms with Crippen molar-refractivity contribution >= 4 is 45.8 Å². The minimum Gasteiger partial charge on any atom is -0.468 e. The zero-order chi connectivity index (χ0) is 15.5. The molecule has 6 nitrogen and oxygen atoms in total. The van der Waals surface area contributed by atoms with Crippen molar-refractivity contribution in [2.24, 2.45) is 15.9 Å². The first kappa shape index (κ1) is 18.4. The Balaban J connectivity index is 5.30. The van der Waals surface area contributed by atoms with Gasteiger partial charge in [-0.3, -0.25) is 19.6 Å². The van der Waals surface area contributed by atoms with Gasteiger partial charge in [-0.15, -0.1) is 0 Å². The first-order chi connectivity index (χ1) is 9.53. The molecule has 0 aromatic rings. The number of esters is 1. The van der Waals surface area contributed by atoms with Crippen LogP contribution in [0.15, 0.2) is 21.6 Å². The van der Waals surface area contributed by atoms with E-state index < -0.39 is 17.7 Å². The Morgan fingerprint density at radius 1 is 1.45 bits per heavy atom. The molecule has 0 heterocycles. The number of carbonyl (C=O) groups is 2. The molecule has 1 N–H and O–H groups in total. The first-order valence-electron chi connectivity index (χ1n) is 5.85. The summed E-state index contributed by atoms with van der Waals surface area (Å²) in [7, 11) is 2.70. The molecule has 0 saturated heterocycles. The number of alkyl halides is 1. The van der Waals surface area contributed by atoms with E-state index in [0.717, 1.165) is 6.21 Å². The number of hydrogen-bond acceptors (Lipinski definition) is 6. The van der Waals surface area contributed by atoms with Crippen LogP contribution < -0.4 is 0 Å². The monoisotopic (exact) mass is 343 g/mol. The lowest BCUT2D eigenvalue weighted by atomic mass is 9.94. The second kappa shape index (κ2) is 10.2. The number of methoxy groups -OCH3 is 1. The third-order valence-corrected chi connectivity index (χ3v) is 2.84. The van der Waals surface area contributed by atoms with Gasteiger partial charge in [0.05, 0.1) is 7.11 Å². The normalized spacial score (nSPS) is 14.2. The SMILES string of the molecule is CN=C(C)C(C(=O)OC)C(=O)C(C=N)=CC=NCCBr. The standard InChI is InChI=1S/C13H18BrN3O3/c1-9(16-2)11(13(19)20-3)12(18)10(8-15)4-6-17-7-5-14/h4,6,8,11,15H,5,7H2,1-3H3. The zero-order valence-corrected chi connectivity index (χ0v) is 13.3. The van der Waals surface area contributed by atoms with Gasteiger partial charge in [0.2, 0.25) is 0 Å². The number of ketones is 1. The van der Waals surface area contributed by atoms with Gasteiger partial charge in [0.1, 0.15) is 0 Å². The average molecular weight is 344 g/mol. The molecule has 0 aromatic heterocycles. The molecule has 1 unspecified atom stereocenters. The maximum Gasteiger partial charge on any atom is 0.322 e. The number of nitrogens with one attached hydrogen (secondary N) is 1. The van der Waals surface area contributed by atoms with Gasteiger partial charge in [0.25, 0.3) is 0 Å². The molecule has 0 aliphatic rings. The summed E-state index contributed by atoms with van der Waals surface area (Å²) in [6.45, 7) is 2.13. The minimum atomic E-state index is -1.12. The van der Waals surface area contributed by atoms with Crippen LogP contribution in [0, 0.1) is 11.3 Å². The topological polar surface area (TPSA) is 91.9 Å². The van der Waals surface area contributed by atoms with Crippen molar-refractivity contribution in [1.82, 2.24) is 0 Å².